The fourth-order valence-corrected chi connectivity index (χ4v) is 1.50. The number of ether oxygens (including phenoxy) is 1. The maximum absolute atomic E-state index is 5.77. The molecule has 1 aromatic carbocycles. The molecule has 17 heavy (non-hydrogen) atoms. The summed E-state index contributed by atoms with van der Waals surface area (Å²) >= 11 is 0. The molecule has 0 radical (unpaired) electrons. The molecule has 2 N–H and O–H groups in total. The summed E-state index contributed by atoms with van der Waals surface area (Å²) in [5, 5.41) is 0. The van der Waals surface area contributed by atoms with Crippen LogP contribution in [0.15, 0.2) is 48.5 Å². The minimum atomic E-state index is -0.0738. The minimum Gasteiger partial charge on any atom is -0.473 e. The highest BCUT2D eigenvalue weighted by atomic mass is 16.5. The van der Waals surface area contributed by atoms with Crippen molar-refractivity contribution < 1.29 is 4.74 Å². The lowest BCUT2D eigenvalue weighted by Gasteiger charge is -2.08. The van der Waals surface area contributed by atoms with E-state index in [1.165, 1.54) is 0 Å². The van der Waals surface area contributed by atoms with Crippen LogP contribution in [-0.2, 0) is 6.61 Å². The Bertz CT molecular complexity index is 469. The van der Waals surface area contributed by atoms with Gasteiger partial charge in [-0.15, -0.1) is 0 Å². The second-order valence-corrected chi connectivity index (χ2v) is 3.96. The normalized spacial score (nSPS) is 12.1. The zero-order valence-electron chi connectivity index (χ0n) is 9.84. The summed E-state index contributed by atoms with van der Waals surface area (Å²) in [6.45, 7) is 2.43. The molecule has 0 amide bonds. The molecule has 2 rings (SSSR count). The maximum Gasteiger partial charge on any atom is 0.213 e. The van der Waals surface area contributed by atoms with Crippen molar-refractivity contribution in [1.29, 1.82) is 0 Å². The molecule has 3 nitrogen and oxygen atoms in total. The SMILES string of the molecule is CC(N)c1cccc(OCc2ccccc2)n1. The van der Waals surface area contributed by atoms with Crippen LogP contribution in [0.2, 0.25) is 0 Å². The van der Waals surface area contributed by atoms with Crippen LogP contribution in [0, 0.1) is 0 Å². The lowest BCUT2D eigenvalue weighted by molar-refractivity contribution is 0.292. The Morgan fingerprint density at radius 3 is 2.59 bits per heavy atom. The van der Waals surface area contributed by atoms with Crippen molar-refractivity contribution in [3.8, 4) is 5.88 Å². The largest absolute Gasteiger partial charge is 0.473 e. The third-order valence-corrected chi connectivity index (χ3v) is 2.44. The van der Waals surface area contributed by atoms with E-state index in [0.717, 1.165) is 11.3 Å². The molecular weight excluding hydrogens is 212 g/mol. The Kier molecular flexibility index (Phi) is 3.73. The van der Waals surface area contributed by atoms with Gasteiger partial charge in [0.05, 0.1) is 5.69 Å². The highest BCUT2D eigenvalue weighted by Crippen LogP contribution is 2.13. The first-order valence-electron chi connectivity index (χ1n) is 5.65. The van der Waals surface area contributed by atoms with Crippen LogP contribution < -0.4 is 10.5 Å². The van der Waals surface area contributed by atoms with E-state index in [1.807, 2.05) is 55.5 Å². The van der Waals surface area contributed by atoms with E-state index in [9.17, 15) is 0 Å². The van der Waals surface area contributed by atoms with E-state index in [1.54, 1.807) is 0 Å². The van der Waals surface area contributed by atoms with Crippen molar-refractivity contribution in [2.45, 2.75) is 19.6 Å². The van der Waals surface area contributed by atoms with Gasteiger partial charge in [0.2, 0.25) is 5.88 Å². The smallest absolute Gasteiger partial charge is 0.213 e. The average Bonchev–Trinajstić information content (AvgIpc) is 2.38. The number of benzene rings is 1. The Hall–Kier alpha value is -1.87. The van der Waals surface area contributed by atoms with Crippen molar-refractivity contribution in [1.82, 2.24) is 4.98 Å². The average molecular weight is 228 g/mol. The Balaban J connectivity index is 2.02. The van der Waals surface area contributed by atoms with Gasteiger partial charge in [-0.1, -0.05) is 36.4 Å². The summed E-state index contributed by atoms with van der Waals surface area (Å²) < 4.78 is 5.62. The van der Waals surface area contributed by atoms with E-state index in [-0.39, 0.29) is 6.04 Å². The zero-order chi connectivity index (χ0) is 12.1. The van der Waals surface area contributed by atoms with Crippen LogP contribution in [-0.4, -0.2) is 4.98 Å². The summed E-state index contributed by atoms with van der Waals surface area (Å²) in [6.07, 6.45) is 0. The highest BCUT2D eigenvalue weighted by molar-refractivity contribution is 5.19. The fourth-order valence-electron chi connectivity index (χ4n) is 1.50. The van der Waals surface area contributed by atoms with Crippen LogP contribution in [0.1, 0.15) is 24.2 Å². The van der Waals surface area contributed by atoms with Gasteiger partial charge in [-0.2, -0.15) is 0 Å². The highest BCUT2D eigenvalue weighted by Gasteiger charge is 2.03. The molecule has 2 aromatic rings. The molecule has 0 saturated heterocycles. The second kappa shape index (κ2) is 5.46. The molecule has 3 heteroatoms. The first-order chi connectivity index (χ1) is 8.25. The summed E-state index contributed by atoms with van der Waals surface area (Å²) in [5.74, 6) is 0.614. The monoisotopic (exact) mass is 228 g/mol. The number of pyridine rings is 1. The molecule has 0 aliphatic carbocycles. The third kappa shape index (κ3) is 3.29. The van der Waals surface area contributed by atoms with E-state index in [2.05, 4.69) is 4.98 Å². The van der Waals surface area contributed by atoms with Crippen LogP contribution in [0.5, 0.6) is 5.88 Å². The summed E-state index contributed by atoms with van der Waals surface area (Å²) in [7, 11) is 0. The first kappa shape index (κ1) is 11.6. The van der Waals surface area contributed by atoms with E-state index in [0.29, 0.717) is 12.5 Å². The van der Waals surface area contributed by atoms with Gasteiger partial charge in [0, 0.05) is 12.1 Å². The molecule has 0 aliphatic heterocycles. The minimum absolute atomic E-state index is 0.0738. The van der Waals surface area contributed by atoms with E-state index in [4.69, 9.17) is 10.5 Å². The lowest BCUT2D eigenvalue weighted by Crippen LogP contribution is -2.08. The molecule has 0 bridgehead atoms. The van der Waals surface area contributed by atoms with Crippen molar-refractivity contribution >= 4 is 0 Å². The van der Waals surface area contributed by atoms with Gasteiger partial charge in [-0.05, 0) is 18.6 Å². The van der Waals surface area contributed by atoms with Crippen LogP contribution >= 0.6 is 0 Å². The predicted molar refractivity (Wildman–Crippen MR) is 67.6 cm³/mol. The fraction of sp³-hybridized carbons (Fsp3) is 0.214. The van der Waals surface area contributed by atoms with Crippen LogP contribution in [0.4, 0.5) is 0 Å². The molecule has 0 fully saturated rings. The molecule has 1 heterocycles. The maximum atomic E-state index is 5.77. The van der Waals surface area contributed by atoms with E-state index < -0.39 is 0 Å². The van der Waals surface area contributed by atoms with Gasteiger partial charge in [0.15, 0.2) is 0 Å². The van der Waals surface area contributed by atoms with Gasteiger partial charge in [0.25, 0.3) is 0 Å². The number of hydrogen-bond donors (Lipinski definition) is 1. The second-order valence-electron chi connectivity index (χ2n) is 3.96. The topological polar surface area (TPSA) is 48.1 Å². The summed E-state index contributed by atoms with van der Waals surface area (Å²) in [6, 6.07) is 15.6. The molecular formula is C14H16N2O. The van der Waals surface area contributed by atoms with Gasteiger partial charge in [0.1, 0.15) is 6.61 Å². The number of hydrogen-bond acceptors (Lipinski definition) is 3. The molecule has 88 valence electrons. The van der Waals surface area contributed by atoms with Gasteiger partial charge in [-0.3, -0.25) is 0 Å². The summed E-state index contributed by atoms with van der Waals surface area (Å²) in [5.41, 5.74) is 7.74. The predicted octanol–water partition coefficient (Wildman–Crippen LogP) is 2.68. The van der Waals surface area contributed by atoms with Gasteiger partial charge in [-0.25, -0.2) is 4.98 Å². The standard InChI is InChI=1S/C14H16N2O/c1-11(15)13-8-5-9-14(16-13)17-10-12-6-3-2-4-7-12/h2-9,11H,10,15H2,1H3. The quantitative estimate of drug-likeness (QED) is 0.875. The molecule has 1 aromatic heterocycles. The molecule has 0 aliphatic rings. The molecule has 1 unspecified atom stereocenters. The number of rotatable bonds is 4. The third-order valence-electron chi connectivity index (χ3n) is 2.44. The molecule has 0 spiro atoms. The summed E-state index contributed by atoms with van der Waals surface area (Å²) in [4.78, 5) is 4.34. The lowest BCUT2D eigenvalue weighted by atomic mass is 10.2. The van der Waals surface area contributed by atoms with Crippen LogP contribution in [0.25, 0.3) is 0 Å². The Morgan fingerprint density at radius 1 is 1.12 bits per heavy atom. The van der Waals surface area contributed by atoms with Crippen molar-refractivity contribution in [3.63, 3.8) is 0 Å². The van der Waals surface area contributed by atoms with Crippen molar-refractivity contribution in [2.24, 2.45) is 5.73 Å². The van der Waals surface area contributed by atoms with Crippen LogP contribution in [0.3, 0.4) is 0 Å². The molecule has 0 saturated carbocycles. The number of nitrogens with two attached hydrogens (primary N) is 1. The van der Waals surface area contributed by atoms with E-state index >= 15 is 0 Å². The van der Waals surface area contributed by atoms with Gasteiger partial charge >= 0.3 is 0 Å². The number of aromatic nitrogens is 1. The first-order valence-corrected chi connectivity index (χ1v) is 5.65. The Morgan fingerprint density at radius 2 is 1.88 bits per heavy atom. The molecule has 1 atom stereocenters. The van der Waals surface area contributed by atoms with Gasteiger partial charge < -0.3 is 10.5 Å². The number of nitrogens with zero attached hydrogens (tertiary/aromatic N) is 1. The Labute approximate surface area is 101 Å². The van der Waals surface area contributed by atoms with Crippen molar-refractivity contribution in [3.05, 3.63) is 59.8 Å². The zero-order valence-corrected chi connectivity index (χ0v) is 9.84. The van der Waals surface area contributed by atoms with Crippen molar-refractivity contribution in [2.75, 3.05) is 0 Å².